The number of carbonyl (C=O) groups is 1. The number of Topliss-reactive ketones (excluding diaryl/α,β-unsaturated/α-hetero) is 1. The number of hydrogen-bond acceptors (Lipinski definition) is 3. The quantitative estimate of drug-likeness (QED) is 0.173. The second-order valence-corrected chi connectivity index (χ2v) is 15.0. The molecule has 0 bridgehead atoms. The largest absolute Gasteiger partial charge is 0.384 e. The molecule has 5 atom stereocenters. The highest BCUT2D eigenvalue weighted by atomic mass is 35.5. The van der Waals surface area contributed by atoms with Gasteiger partial charge in [-0.25, -0.2) is 0 Å². The van der Waals surface area contributed by atoms with E-state index in [2.05, 4.69) is 6.07 Å². The molecular weight excluding hydrogens is 705 g/mol. The summed E-state index contributed by atoms with van der Waals surface area (Å²) in [6.07, 6.45) is 0.0667. The average Bonchev–Trinajstić information content (AvgIpc) is 3.18. The molecule has 0 spiro atoms. The zero-order chi connectivity index (χ0) is 36.0. The first kappa shape index (κ1) is 34.2. The van der Waals surface area contributed by atoms with Crippen LogP contribution in [-0.4, -0.2) is 10.9 Å². The standard InChI is InChI=1S/C46H32Cl3NO2/c47-38-19-12-31(13-20-38)41-27-46(52,37-16-11-30-6-2-4-8-34(30)26-37)43(44(51)35-10-9-29-5-1-3-7-33(29)25-35)42(32-14-21-39(48)22-15-32)45(41,28-50)36-17-23-40(49)24-18-36/h1-26,41-43,52H,27H2. The van der Waals surface area contributed by atoms with E-state index in [1.165, 1.54) is 0 Å². The van der Waals surface area contributed by atoms with Crippen molar-refractivity contribution in [3.63, 3.8) is 0 Å². The molecule has 1 fully saturated rings. The van der Waals surface area contributed by atoms with Gasteiger partial charge in [-0.2, -0.15) is 5.26 Å². The van der Waals surface area contributed by atoms with Crippen LogP contribution in [0, 0.1) is 17.2 Å². The number of ketones is 1. The van der Waals surface area contributed by atoms with Crippen LogP contribution in [-0.2, 0) is 11.0 Å². The number of benzene rings is 7. The van der Waals surface area contributed by atoms with Gasteiger partial charge in [-0.3, -0.25) is 4.79 Å². The predicted molar refractivity (Wildman–Crippen MR) is 211 cm³/mol. The molecule has 0 aromatic heterocycles. The van der Waals surface area contributed by atoms with Crippen LogP contribution in [0.3, 0.4) is 0 Å². The SMILES string of the molecule is N#CC1(c2ccc(Cl)cc2)C(c2ccc(Cl)cc2)CC(O)(c2ccc3ccccc3c2)C(C(=O)c2ccc3ccccc3c2)C1c1ccc(Cl)cc1. The highest BCUT2D eigenvalue weighted by Gasteiger charge is 2.64. The fraction of sp³-hybridized carbons (Fsp3) is 0.130. The fourth-order valence-electron chi connectivity index (χ4n) is 8.52. The lowest BCUT2D eigenvalue weighted by molar-refractivity contribution is -0.0737. The number of halogens is 3. The molecule has 0 amide bonds. The molecule has 1 N–H and O–H groups in total. The zero-order valence-corrected chi connectivity index (χ0v) is 30.2. The fourth-order valence-corrected chi connectivity index (χ4v) is 8.90. The van der Waals surface area contributed by atoms with E-state index in [1.807, 2.05) is 121 Å². The Morgan fingerprint density at radius 3 is 1.65 bits per heavy atom. The minimum atomic E-state index is -1.74. The van der Waals surface area contributed by atoms with Gasteiger partial charge in [0, 0.05) is 32.5 Å². The molecule has 5 unspecified atom stereocenters. The minimum absolute atomic E-state index is 0.0667. The molecular formula is C46H32Cl3NO2. The van der Waals surface area contributed by atoms with Crippen LogP contribution >= 0.6 is 34.8 Å². The number of nitriles is 1. The van der Waals surface area contributed by atoms with Crippen LogP contribution in [0.5, 0.6) is 0 Å². The summed E-state index contributed by atoms with van der Waals surface area (Å²) in [5, 5.41) is 30.9. The van der Waals surface area contributed by atoms with Crippen molar-refractivity contribution in [3.05, 3.63) is 201 Å². The van der Waals surface area contributed by atoms with Crippen LogP contribution in [0.4, 0.5) is 0 Å². The van der Waals surface area contributed by atoms with E-state index in [1.54, 1.807) is 36.4 Å². The molecule has 3 nitrogen and oxygen atoms in total. The van der Waals surface area contributed by atoms with E-state index in [9.17, 15) is 10.4 Å². The van der Waals surface area contributed by atoms with E-state index < -0.39 is 28.8 Å². The Labute approximate surface area is 317 Å². The highest BCUT2D eigenvalue weighted by Crippen LogP contribution is 2.64. The Morgan fingerprint density at radius 1 is 0.596 bits per heavy atom. The van der Waals surface area contributed by atoms with Gasteiger partial charge in [0.15, 0.2) is 5.78 Å². The molecule has 254 valence electrons. The summed E-state index contributed by atoms with van der Waals surface area (Å²) in [5.41, 5.74) is 0.158. The minimum Gasteiger partial charge on any atom is -0.384 e. The maximum atomic E-state index is 15.6. The van der Waals surface area contributed by atoms with Gasteiger partial charge in [0.2, 0.25) is 0 Å². The summed E-state index contributed by atoms with van der Waals surface area (Å²) in [7, 11) is 0. The Bertz CT molecular complexity index is 2490. The Hall–Kier alpha value is -4.95. The van der Waals surface area contributed by atoms with Crippen LogP contribution in [0.1, 0.15) is 50.9 Å². The van der Waals surface area contributed by atoms with Crippen LogP contribution < -0.4 is 0 Å². The maximum absolute atomic E-state index is 15.6. The van der Waals surface area contributed by atoms with Gasteiger partial charge in [0.05, 0.1) is 17.4 Å². The van der Waals surface area contributed by atoms with Crippen molar-refractivity contribution in [3.8, 4) is 6.07 Å². The first-order valence-corrected chi connectivity index (χ1v) is 18.3. The molecule has 0 aliphatic heterocycles. The van der Waals surface area contributed by atoms with Gasteiger partial charge < -0.3 is 5.11 Å². The number of rotatable bonds is 6. The third-order valence-corrected chi connectivity index (χ3v) is 11.7. The Kier molecular flexibility index (Phi) is 8.90. The van der Waals surface area contributed by atoms with E-state index >= 15 is 4.79 Å². The van der Waals surface area contributed by atoms with Crippen molar-refractivity contribution in [2.45, 2.75) is 29.3 Å². The van der Waals surface area contributed by atoms with Crippen LogP contribution in [0.25, 0.3) is 21.5 Å². The van der Waals surface area contributed by atoms with E-state index in [0.29, 0.717) is 37.3 Å². The van der Waals surface area contributed by atoms with Gasteiger partial charge >= 0.3 is 0 Å². The summed E-state index contributed by atoms with van der Waals surface area (Å²) < 4.78 is 0. The average molecular weight is 737 g/mol. The number of nitrogens with zero attached hydrogens (tertiary/aromatic N) is 1. The number of aliphatic hydroxyl groups is 1. The Morgan fingerprint density at radius 2 is 1.08 bits per heavy atom. The van der Waals surface area contributed by atoms with E-state index in [-0.39, 0.29) is 12.2 Å². The Balaban J connectivity index is 1.48. The van der Waals surface area contributed by atoms with E-state index in [0.717, 1.165) is 27.1 Å². The van der Waals surface area contributed by atoms with Gasteiger partial charge in [-0.15, -0.1) is 0 Å². The van der Waals surface area contributed by atoms with Gasteiger partial charge in [-0.05, 0) is 98.8 Å². The van der Waals surface area contributed by atoms with E-state index in [4.69, 9.17) is 34.8 Å². The summed E-state index contributed by atoms with van der Waals surface area (Å²) in [5.74, 6) is -2.84. The number of carbonyl (C=O) groups excluding carboxylic acids is 1. The van der Waals surface area contributed by atoms with Gasteiger partial charge in [0.25, 0.3) is 0 Å². The lowest BCUT2D eigenvalue weighted by Gasteiger charge is -2.56. The second-order valence-electron chi connectivity index (χ2n) is 13.7. The third-order valence-electron chi connectivity index (χ3n) is 11.0. The summed E-state index contributed by atoms with van der Waals surface area (Å²) in [4.78, 5) is 15.6. The van der Waals surface area contributed by atoms with Crippen molar-refractivity contribution in [1.29, 1.82) is 5.26 Å². The molecule has 0 saturated heterocycles. The molecule has 1 saturated carbocycles. The van der Waals surface area contributed by atoms with Gasteiger partial charge in [0.1, 0.15) is 5.60 Å². The van der Waals surface area contributed by atoms with Crippen LogP contribution in [0.2, 0.25) is 15.1 Å². The predicted octanol–water partition coefficient (Wildman–Crippen LogP) is 12.1. The summed E-state index contributed by atoms with van der Waals surface area (Å²) in [6.45, 7) is 0. The third kappa shape index (κ3) is 5.77. The number of hydrogen-bond donors (Lipinski definition) is 1. The van der Waals surface area contributed by atoms with Gasteiger partial charge in [-0.1, -0.05) is 144 Å². The van der Waals surface area contributed by atoms with Crippen molar-refractivity contribution in [1.82, 2.24) is 0 Å². The topological polar surface area (TPSA) is 61.1 Å². The molecule has 7 aromatic carbocycles. The smallest absolute Gasteiger partial charge is 0.169 e. The summed E-state index contributed by atoms with van der Waals surface area (Å²) in [6, 6.07) is 52.2. The van der Waals surface area contributed by atoms with Crippen molar-refractivity contribution in [2.75, 3.05) is 0 Å². The van der Waals surface area contributed by atoms with Crippen LogP contribution in [0.15, 0.2) is 158 Å². The highest BCUT2D eigenvalue weighted by molar-refractivity contribution is 6.31. The first-order valence-electron chi connectivity index (χ1n) is 17.1. The maximum Gasteiger partial charge on any atom is 0.169 e. The molecule has 6 heteroatoms. The van der Waals surface area contributed by atoms with Crippen molar-refractivity contribution >= 4 is 62.1 Å². The van der Waals surface area contributed by atoms with Crippen molar-refractivity contribution < 1.29 is 9.90 Å². The normalized spacial score (nSPS) is 22.9. The number of fused-ring (bicyclic) bond motifs is 2. The lowest BCUT2D eigenvalue weighted by Crippen LogP contribution is -2.58. The molecule has 0 heterocycles. The second kappa shape index (κ2) is 13.6. The summed E-state index contributed by atoms with van der Waals surface area (Å²) >= 11 is 19.4. The molecule has 52 heavy (non-hydrogen) atoms. The molecule has 0 radical (unpaired) electrons. The lowest BCUT2D eigenvalue weighted by atomic mass is 9.46. The zero-order valence-electron chi connectivity index (χ0n) is 27.9. The van der Waals surface area contributed by atoms with Crippen molar-refractivity contribution in [2.24, 2.45) is 5.92 Å². The molecule has 7 aromatic rings. The molecule has 1 aliphatic rings. The molecule has 1 aliphatic carbocycles. The monoisotopic (exact) mass is 735 g/mol. The molecule has 8 rings (SSSR count). The first-order chi connectivity index (χ1) is 25.2.